The number of amides is 1. The number of aromatic nitrogens is 4. The van der Waals surface area contributed by atoms with Crippen molar-refractivity contribution in [2.75, 3.05) is 5.32 Å². The van der Waals surface area contributed by atoms with Gasteiger partial charge in [-0.25, -0.2) is 4.98 Å². The van der Waals surface area contributed by atoms with Crippen molar-refractivity contribution in [3.05, 3.63) is 15.1 Å². The fraction of sp³-hybridized carbons (Fsp3) is 0.400. The van der Waals surface area contributed by atoms with Gasteiger partial charge in [-0.05, 0) is 15.9 Å². The Morgan fingerprint density at radius 3 is 2.56 bits per heavy atom. The zero-order valence-corrected chi connectivity index (χ0v) is 11.7. The molecule has 0 saturated heterocycles. The van der Waals surface area contributed by atoms with Crippen LogP contribution < -0.4 is 10.9 Å². The number of imidazole rings is 1. The van der Waals surface area contributed by atoms with E-state index in [0.29, 0.717) is 4.73 Å². The summed E-state index contributed by atoms with van der Waals surface area (Å²) in [7, 11) is 0. The first kappa shape index (κ1) is 12.7. The number of rotatable bonds is 1. The van der Waals surface area contributed by atoms with E-state index in [2.05, 4.69) is 41.2 Å². The Hall–Kier alpha value is -1.70. The van der Waals surface area contributed by atoms with Gasteiger partial charge in [0.1, 0.15) is 0 Å². The van der Waals surface area contributed by atoms with Crippen molar-refractivity contribution in [3.8, 4) is 0 Å². The van der Waals surface area contributed by atoms with Gasteiger partial charge in [-0.15, -0.1) is 0 Å². The number of anilines is 1. The Labute approximate surface area is 111 Å². The Kier molecular flexibility index (Phi) is 2.97. The highest BCUT2D eigenvalue weighted by molar-refractivity contribution is 9.10. The largest absolute Gasteiger partial charge is 0.327 e. The second-order valence-corrected chi connectivity index (χ2v) is 5.60. The molecule has 0 aromatic carbocycles. The van der Waals surface area contributed by atoms with Crippen molar-refractivity contribution in [2.45, 2.75) is 20.8 Å². The van der Waals surface area contributed by atoms with Gasteiger partial charge in [0.2, 0.25) is 11.9 Å². The van der Waals surface area contributed by atoms with Gasteiger partial charge in [-0.2, -0.15) is 4.98 Å². The minimum absolute atomic E-state index is 0.0893. The molecule has 0 aliphatic heterocycles. The van der Waals surface area contributed by atoms with Crippen LogP contribution in [-0.2, 0) is 4.79 Å². The number of hydrogen-bond acceptors (Lipinski definition) is 4. The fourth-order valence-electron chi connectivity index (χ4n) is 1.23. The van der Waals surface area contributed by atoms with Crippen LogP contribution in [0.3, 0.4) is 0 Å². The van der Waals surface area contributed by atoms with Crippen LogP contribution >= 0.6 is 15.9 Å². The summed E-state index contributed by atoms with van der Waals surface area (Å²) in [6.45, 7) is 5.30. The molecular weight excluding hydrogens is 302 g/mol. The SMILES string of the molecule is CC(C)(C)C(=O)Nc1nc2nc(Br)[nH]c2c(=O)[nH]1. The molecule has 0 radical (unpaired) electrons. The first-order valence-electron chi connectivity index (χ1n) is 5.24. The smallest absolute Gasteiger partial charge is 0.278 e. The summed E-state index contributed by atoms with van der Waals surface area (Å²) < 4.78 is 0.412. The highest BCUT2D eigenvalue weighted by atomic mass is 79.9. The van der Waals surface area contributed by atoms with Crippen molar-refractivity contribution in [2.24, 2.45) is 5.41 Å². The van der Waals surface area contributed by atoms with Crippen LogP contribution in [0, 0.1) is 5.41 Å². The van der Waals surface area contributed by atoms with Gasteiger partial charge in [-0.3, -0.25) is 19.9 Å². The molecule has 7 nitrogen and oxygen atoms in total. The number of carbonyl (C=O) groups excluding carboxylic acids is 1. The standard InChI is InChI=1S/C10H12BrN5O2/c1-10(2,3)7(18)16-9-14-5-4(6(17)15-9)12-8(11)13-5/h1-3H3,(H3,12,13,14,15,16,17,18). The average Bonchev–Trinajstić information content (AvgIpc) is 2.57. The predicted octanol–water partition coefficient (Wildman–Crippen LogP) is 1.39. The lowest BCUT2D eigenvalue weighted by atomic mass is 9.96. The molecule has 0 atom stereocenters. The topological polar surface area (TPSA) is 104 Å². The van der Waals surface area contributed by atoms with Crippen molar-refractivity contribution in [1.29, 1.82) is 0 Å². The molecule has 3 N–H and O–H groups in total. The summed E-state index contributed by atoms with van der Waals surface area (Å²) in [5.74, 6) is -0.147. The van der Waals surface area contributed by atoms with Crippen molar-refractivity contribution in [1.82, 2.24) is 19.9 Å². The maximum atomic E-state index is 11.8. The Bertz CT molecular complexity index is 667. The molecule has 0 fully saturated rings. The summed E-state index contributed by atoms with van der Waals surface area (Å²) in [5.41, 5.74) is -0.451. The average molecular weight is 314 g/mol. The normalized spacial score (nSPS) is 11.8. The lowest BCUT2D eigenvalue weighted by Crippen LogP contribution is -2.29. The van der Waals surface area contributed by atoms with Gasteiger partial charge in [-0.1, -0.05) is 20.8 Å². The van der Waals surface area contributed by atoms with Crippen LogP contribution in [0.1, 0.15) is 20.8 Å². The second kappa shape index (κ2) is 4.20. The molecule has 0 saturated carbocycles. The van der Waals surface area contributed by atoms with Crippen LogP contribution in [0.2, 0.25) is 0 Å². The molecule has 2 rings (SSSR count). The van der Waals surface area contributed by atoms with E-state index in [1.165, 1.54) is 0 Å². The van der Waals surface area contributed by atoms with Crippen LogP contribution in [-0.4, -0.2) is 25.8 Å². The van der Waals surface area contributed by atoms with Crippen LogP contribution in [0.15, 0.2) is 9.53 Å². The van der Waals surface area contributed by atoms with E-state index in [1.807, 2.05) is 0 Å². The van der Waals surface area contributed by atoms with E-state index in [9.17, 15) is 9.59 Å². The van der Waals surface area contributed by atoms with Crippen molar-refractivity contribution in [3.63, 3.8) is 0 Å². The van der Waals surface area contributed by atoms with E-state index in [0.717, 1.165) is 0 Å². The number of halogens is 1. The van der Waals surface area contributed by atoms with Crippen LogP contribution in [0.25, 0.3) is 11.2 Å². The maximum Gasteiger partial charge on any atom is 0.278 e. The van der Waals surface area contributed by atoms with Gasteiger partial charge in [0.15, 0.2) is 15.9 Å². The number of H-pyrrole nitrogens is 2. The summed E-state index contributed by atoms with van der Waals surface area (Å²) in [6, 6.07) is 0. The molecule has 0 spiro atoms. The van der Waals surface area contributed by atoms with Gasteiger partial charge in [0.25, 0.3) is 5.56 Å². The lowest BCUT2D eigenvalue weighted by molar-refractivity contribution is -0.123. The molecule has 0 unspecified atom stereocenters. The summed E-state index contributed by atoms with van der Waals surface area (Å²) in [5, 5.41) is 2.55. The number of aromatic amines is 2. The predicted molar refractivity (Wildman–Crippen MR) is 70.3 cm³/mol. The molecule has 2 aromatic rings. The van der Waals surface area contributed by atoms with E-state index in [4.69, 9.17) is 0 Å². The number of fused-ring (bicyclic) bond motifs is 1. The minimum Gasteiger partial charge on any atom is -0.327 e. The van der Waals surface area contributed by atoms with Gasteiger partial charge in [0, 0.05) is 5.41 Å². The highest BCUT2D eigenvalue weighted by Gasteiger charge is 2.22. The molecule has 2 aromatic heterocycles. The fourth-order valence-corrected chi connectivity index (χ4v) is 1.60. The minimum atomic E-state index is -0.570. The van der Waals surface area contributed by atoms with E-state index in [-0.39, 0.29) is 28.6 Å². The number of carbonyl (C=O) groups is 1. The van der Waals surface area contributed by atoms with Crippen LogP contribution in [0.5, 0.6) is 0 Å². The molecule has 96 valence electrons. The zero-order chi connectivity index (χ0) is 13.5. The molecule has 1 amide bonds. The maximum absolute atomic E-state index is 11.8. The molecule has 0 aliphatic carbocycles. The Morgan fingerprint density at radius 2 is 1.94 bits per heavy atom. The zero-order valence-electron chi connectivity index (χ0n) is 10.1. The monoisotopic (exact) mass is 313 g/mol. The molecule has 2 heterocycles. The second-order valence-electron chi connectivity index (χ2n) is 4.84. The van der Waals surface area contributed by atoms with E-state index >= 15 is 0 Å². The highest BCUT2D eigenvalue weighted by Crippen LogP contribution is 2.16. The lowest BCUT2D eigenvalue weighted by Gasteiger charge is -2.16. The van der Waals surface area contributed by atoms with E-state index in [1.54, 1.807) is 20.8 Å². The summed E-state index contributed by atoms with van der Waals surface area (Å²) in [6.07, 6.45) is 0. The number of nitrogens with zero attached hydrogens (tertiary/aromatic N) is 2. The molecule has 0 bridgehead atoms. The van der Waals surface area contributed by atoms with Crippen molar-refractivity contribution >= 4 is 38.9 Å². The third-order valence-corrected chi connectivity index (χ3v) is 2.62. The van der Waals surface area contributed by atoms with Gasteiger partial charge < -0.3 is 4.98 Å². The van der Waals surface area contributed by atoms with Crippen LogP contribution in [0.4, 0.5) is 5.95 Å². The summed E-state index contributed by atoms with van der Waals surface area (Å²) >= 11 is 3.12. The third-order valence-electron chi connectivity index (χ3n) is 2.25. The first-order valence-corrected chi connectivity index (χ1v) is 6.03. The Morgan fingerprint density at radius 1 is 1.28 bits per heavy atom. The molecular formula is C10H12BrN5O2. The molecule has 8 heteroatoms. The van der Waals surface area contributed by atoms with Gasteiger partial charge in [0.05, 0.1) is 0 Å². The van der Waals surface area contributed by atoms with E-state index < -0.39 is 5.41 Å². The number of nitrogens with one attached hydrogen (secondary N) is 3. The number of hydrogen-bond donors (Lipinski definition) is 3. The molecule has 18 heavy (non-hydrogen) atoms. The third kappa shape index (κ3) is 2.42. The quantitative estimate of drug-likeness (QED) is 0.692. The summed E-state index contributed by atoms with van der Waals surface area (Å²) in [4.78, 5) is 36.7. The van der Waals surface area contributed by atoms with Gasteiger partial charge >= 0.3 is 0 Å². The van der Waals surface area contributed by atoms with Crippen molar-refractivity contribution < 1.29 is 4.79 Å². The first-order chi connectivity index (χ1) is 8.27. The Balaban J connectivity index is 2.41. The molecule has 0 aliphatic rings.